The van der Waals surface area contributed by atoms with E-state index in [0.717, 1.165) is 40.0 Å². The van der Waals surface area contributed by atoms with Gasteiger partial charge in [-0.25, -0.2) is 4.98 Å². The molecule has 0 unspecified atom stereocenters. The number of carbonyl (C=O) groups excluding carboxylic acids is 2. The molecule has 2 saturated heterocycles. The van der Waals surface area contributed by atoms with Crippen LogP contribution in [0.2, 0.25) is 5.02 Å². The number of aliphatic hydroxyl groups excluding tert-OH is 1. The molecule has 8 nitrogen and oxygen atoms in total. The summed E-state index contributed by atoms with van der Waals surface area (Å²) < 4.78 is 6.33. The molecule has 3 heterocycles. The average Bonchev–Trinajstić information content (AvgIpc) is 3.38. The highest BCUT2D eigenvalue weighted by Gasteiger charge is 2.41. The van der Waals surface area contributed by atoms with Crippen LogP contribution in [-0.2, 0) is 4.79 Å². The number of hydrogen-bond acceptors (Lipinski definition) is 5. The number of aryl methyl sites for hydroxylation is 2. The molecule has 38 heavy (non-hydrogen) atoms. The van der Waals surface area contributed by atoms with Crippen molar-refractivity contribution >= 4 is 34.4 Å². The second-order valence-corrected chi connectivity index (χ2v) is 11.3. The van der Waals surface area contributed by atoms with Gasteiger partial charge in [0.15, 0.2) is 0 Å². The minimum atomic E-state index is -0.527. The Morgan fingerprint density at radius 3 is 2.61 bits per heavy atom. The number of carbonyl (C=O) groups is 2. The third-order valence-corrected chi connectivity index (χ3v) is 8.51. The number of aliphatic hydroxyl groups is 1. The monoisotopic (exact) mass is 538 g/mol. The van der Waals surface area contributed by atoms with Crippen LogP contribution in [0.1, 0.15) is 53.6 Å². The highest BCUT2D eigenvalue weighted by molar-refractivity contribution is 6.32. The number of ether oxygens (including phenoxy) is 1. The number of amides is 2. The molecule has 3 aromatic rings. The zero-order valence-electron chi connectivity index (χ0n) is 22.0. The van der Waals surface area contributed by atoms with Gasteiger partial charge in [0.2, 0.25) is 5.91 Å². The van der Waals surface area contributed by atoms with Crippen molar-refractivity contribution in [1.82, 2.24) is 19.8 Å². The van der Waals surface area contributed by atoms with Crippen molar-refractivity contribution in [2.45, 2.75) is 52.1 Å². The van der Waals surface area contributed by atoms with Gasteiger partial charge < -0.3 is 24.6 Å². The standard InChI is InChI=1S/C29H35ClN4O4/c1-19-12-23(13-20(2)27(19)30)38-17-29(15-26(36)33-10-6-22(35)7-11-33)8-3-9-34(16-29)28(37)21-4-5-24-25(14-21)32-18-31-24/h4-5,12-14,18,22,35H,3,6-11,15-17H2,1-2H3,(H,31,32)/t29-/m1/s1. The molecule has 5 rings (SSSR count). The molecule has 202 valence electrons. The van der Waals surface area contributed by atoms with Gasteiger partial charge in [-0.05, 0) is 81.0 Å². The summed E-state index contributed by atoms with van der Waals surface area (Å²) in [7, 11) is 0. The van der Waals surface area contributed by atoms with E-state index in [-0.39, 0.29) is 24.3 Å². The van der Waals surface area contributed by atoms with Crippen molar-refractivity contribution in [2.24, 2.45) is 5.41 Å². The Morgan fingerprint density at radius 2 is 1.87 bits per heavy atom. The predicted octanol–water partition coefficient (Wildman–Crippen LogP) is 4.51. The Kier molecular flexibility index (Phi) is 7.63. The van der Waals surface area contributed by atoms with Crippen molar-refractivity contribution in [2.75, 3.05) is 32.8 Å². The van der Waals surface area contributed by atoms with Crippen LogP contribution in [0.4, 0.5) is 0 Å². The van der Waals surface area contributed by atoms with Gasteiger partial charge in [0, 0.05) is 48.6 Å². The first-order valence-corrected chi connectivity index (χ1v) is 13.7. The third-order valence-electron chi connectivity index (χ3n) is 7.91. The van der Waals surface area contributed by atoms with Crippen LogP contribution in [0.15, 0.2) is 36.7 Å². The van der Waals surface area contributed by atoms with Crippen molar-refractivity contribution in [1.29, 1.82) is 0 Å². The lowest BCUT2D eigenvalue weighted by molar-refractivity contribution is -0.137. The molecule has 2 aliphatic rings. The molecule has 2 N–H and O–H groups in total. The number of aromatic amines is 1. The van der Waals surface area contributed by atoms with E-state index >= 15 is 0 Å². The summed E-state index contributed by atoms with van der Waals surface area (Å²) in [5, 5.41) is 10.6. The highest BCUT2D eigenvalue weighted by Crippen LogP contribution is 2.37. The van der Waals surface area contributed by atoms with E-state index in [1.165, 1.54) is 0 Å². The number of rotatable bonds is 6. The van der Waals surface area contributed by atoms with Crippen molar-refractivity contribution in [3.05, 3.63) is 58.4 Å². The predicted molar refractivity (Wildman–Crippen MR) is 147 cm³/mol. The fraction of sp³-hybridized carbons (Fsp3) is 0.483. The van der Waals surface area contributed by atoms with Crippen LogP contribution in [0.3, 0.4) is 0 Å². The zero-order valence-corrected chi connectivity index (χ0v) is 22.8. The topological polar surface area (TPSA) is 98.8 Å². The minimum absolute atomic E-state index is 0.0529. The van der Waals surface area contributed by atoms with E-state index < -0.39 is 5.41 Å². The molecule has 9 heteroatoms. The second kappa shape index (κ2) is 10.9. The van der Waals surface area contributed by atoms with Crippen LogP contribution in [-0.4, -0.2) is 75.6 Å². The summed E-state index contributed by atoms with van der Waals surface area (Å²) in [6.45, 7) is 6.39. The number of nitrogens with zero attached hydrogens (tertiary/aromatic N) is 3. The Morgan fingerprint density at radius 1 is 1.13 bits per heavy atom. The first-order chi connectivity index (χ1) is 18.2. The fourth-order valence-electron chi connectivity index (χ4n) is 5.72. The smallest absolute Gasteiger partial charge is 0.253 e. The molecule has 1 atom stereocenters. The van der Waals surface area contributed by atoms with Gasteiger partial charge >= 0.3 is 0 Å². The lowest BCUT2D eigenvalue weighted by atomic mass is 9.77. The molecule has 2 aliphatic heterocycles. The molecule has 0 saturated carbocycles. The molecular formula is C29H35ClN4O4. The molecule has 0 aliphatic carbocycles. The van der Waals surface area contributed by atoms with Gasteiger partial charge in [0.05, 0.1) is 30.1 Å². The summed E-state index contributed by atoms with van der Waals surface area (Å²) in [6.07, 6.45) is 4.32. The van der Waals surface area contributed by atoms with E-state index in [9.17, 15) is 14.7 Å². The summed E-state index contributed by atoms with van der Waals surface area (Å²) in [4.78, 5) is 38.1. The molecule has 2 fully saturated rings. The molecule has 0 spiro atoms. The van der Waals surface area contributed by atoms with Crippen LogP contribution >= 0.6 is 11.6 Å². The maximum Gasteiger partial charge on any atom is 0.253 e. The number of aromatic nitrogens is 2. The minimum Gasteiger partial charge on any atom is -0.493 e. The van der Waals surface area contributed by atoms with Gasteiger partial charge in [-0.1, -0.05) is 11.6 Å². The first kappa shape index (κ1) is 26.5. The van der Waals surface area contributed by atoms with Crippen LogP contribution in [0.25, 0.3) is 11.0 Å². The van der Waals surface area contributed by atoms with Crippen LogP contribution in [0.5, 0.6) is 5.75 Å². The lowest BCUT2D eigenvalue weighted by Crippen LogP contribution is -2.51. The number of H-pyrrole nitrogens is 1. The van der Waals surface area contributed by atoms with Gasteiger partial charge in [0.25, 0.3) is 5.91 Å². The Hall–Kier alpha value is -3.10. The Bertz CT molecular complexity index is 1310. The fourth-order valence-corrected chi connectivity index (χ4v) is 5.83. The number of halogens is 1. The summed E-state index contributed by atoms with van der Waals surface area (Å²) in [6, 6.07) is 9.33. The van der Waals surface area contributed by atoms with Crippen molar-refractivity contribution in [3.63, 3.8) is 0 Å². The van der Waals surface area contributed by atoms with Gasteiger partial charge in [0.1, 0.15) is 5.75 Å². The SMILES string of the molecule is Cc1cc(OC[C@@]2(CC(=O)N3CCC(O)CC3)CCCN(C(=O)c3ccc4nc[nH]c4c3)C2)cc(C)c1Cl. The first-order valence-electron chi connectivity index (χ1n) is 13.3. The summed E-state index contributed by atoms with van der Waals surface area (Å²) >= 11 is 6.36. The van der Waals surface area contributed by atoms with E-state index in [1.807, 2.05) is 54.0 Å². The van der Waals surface area contributed by atoms with E-state index in [2.05, 4.69) is 9.97 Å². The van der Waals surface area contributed by atoms with Crippen molar-refractivity contribution < 1.29 is 19.4 Å². The number of piperidine rings is 2. The second-order valence-electron chi connectivity index (χ2n) is 10.9. The van der Waals surface area contributed by atoms with E-state index in [1.54, 1.807) is 6.33 Å². The summed E-state index contributed by atoms with van der Waals surface area (Å²) in [5.41, 5.74) is 3.58. The average molecular weight is 539 g/mol. The maximum atomic E-state index is 13.6. The number of nitrogens with one attached hydrogen (secondary N) is 1. The number of likely N-dealkylation sites (tertiary alicyclic amines) is 2. The van der Waals surface area contributed by atoms with E-state index in [4.69, 9.17) is 16.3 Å². The highest BCUT2D eigenvalue weighted by atomic mass is 35.5. The molecule has 0 bridgehead atoms. The number of hydrogen-bond donors (Lipinski definition) is 2. The summed E-state index contributed by atoms with van der Waals surface area (Å²) in [5.74, 6) is 0.708. The van der Waals surface area contributed by atoms with Gasteiger partial charge in [-0.15, -0.1) is 0 Å². The van der Waals surface area contributed by atoms with Gasteiger partial charge in [-0.2, -0.15) is 0 Å². The number of benzene rings is 2. The largest absolute Gasteiger partial charge is 0.493 e. The molecular weight excluding hydrogens is 504 g/mol. The number of imidazole rings is 1. The van der Waals surface area contributed by atoms with E-state index in [0.29, 0.717) is 56.9 Å². The number of fused-ring (bicyclic) bond motifs is 1. The van der Waals surface area contributed by atoms with Gasteiger partial charge in [-0.3, -0.25) is 9.59 Å². The Labute approximate surface area is 227 Å². The lowest BCUT2D eigenvalue weighted by Gasteiger charge is -2.43. The maximum absolute atomic E-state index is 13.6. The third kappa shape index (κ3) is 5.66. The Balaban J connectivity index is 1.37. The molecule has 0 radical (unpaired) electrons. The normalized spacial score (nSPS) is 20.6. The van der Waals surface area contributed by atoms with Crippen LogP contribution in [0, 0.1) is 19.3 Å². The van der Waals surface area contributed by atoms with Crippen LogP contribution < -0.4 is 4.74 Å². The molecule has 1 aromatic heterocycles. The quantitative estimate of drug-likeness (QED) is 0.481. The zero-order chi connectivity index (χ0) is 26.9. The van der Waals surface area contributed by atoms with Crippen molar-refractivity contribution in [3.8, 4) is 5.75 Å². The molecule has 2 aromatic carbocycles. The molecule has 2 amide bonds.